The van der Waals surface area contributed by atoms with E-state index in [-0.39, 0.29) is 5.92 Å². The van der Waals surface area contributed by atoms with E-state index >= 15 is 0 Å². The lowest BCUT2D eigenvalue weighted by Crippen LogP contribution is -2.12. The first-order chi connectivity index (χ1) is 10.2. The van der Waals surface area contributed by atoms with Gasteiger partial charge >= 0.3 is 0 Å². The van der Waals surface area contributed by atoms with Crippen molar-refractivity contribution in [3.05, 3.63) is 54.6 Å². The molecule has 116 valence electrons. The van der Waals surface area contributed by atoms with Crippen LogP contribution in [0.1, 0.15) is 51.2 Å². The molecule has 0 bridgehead atoms. The topological polar surface area (TPSA) is 23.9 Å². The minimum atomic E-state index is 0.239. The summed E-state index contributed by atoms with van der Waals surface area (Å²) in [5, 5.41) is 8.04. The Morgan fingerprint density at radius 1 is 1.14 bits per heavy atom. The van der Waals surface area contributed by atoms with Gasteiger partial charge in [0.15, 0.2) is 0 Å². The lowest BCUT2D eigenvalue weighted by atomic mass is 9.83. The number of allylic oxidation sites excluding steroid dienone is 3. The molecule has 0 aromatic heterocycles. The Bertz CT molecular complexity index is 610. The van der Waals surface area contributed by atoms with E-state index in [1.54, 1.807) is 0 Å². The highest BCUT2D eigenvalue weighted by Gasteiger charge is 2.15. The Balaban J connectivity index is 2.97. The van der Waals surface area contributed by atoms with E-state index in [0.29, 0.717) is 0 Å². The predicted octanol–water partition coefficient (Wildman–Crippen LogP) is 4.39. The fourth-order valence-electron chi connectivity index (χ4n) is 2.62. The Morgan fingerprint density at radius 3 is 2.27 bits per heavy atom. The van der Waals surface area contributed by atoms with Crippen LogP contribution >= 0.6 is 0 Å². The van der Waals surface area contributed by atoms with Crippen molar-refractivity contribution in [2.24, 2.45) is 5.92 Å². The SMILES string of the molecule is Bc1ccc(C(=C)CC(CCC(=C)C)C(C)=N)c(C(=C)C)c1. The van der Waals surface area contributed by atoms with Crippen molar-refractivity contribution < 1.29 is 0 Å². The minimum absolute atomic E-state index is 0.239. The first kappa shape index (κ1) is 18.2. The van der Waals surface area contributed by atoms with E-state index in [0.717, 1.165) is 36.1 Å². The standard InChI is InChI=1S/C20H28BN/c1-13(2)7-8-17(16(6)22)11-15(5)19-10-9-18(21)12-20(19)14(3)4/h9-10,12,17,22H,1,3,5,7-8,11,21H2,2,4,6H3. The highest BCUT2D eigenvalue weighted by molar-refractivity contribution is 6.32. The van der Waals surface area contributed by atoms with Crippen LogP contribution in [0.3, 0.4) is 0 Å². The van der Waals surface area contributed by atoms with E-state index in [4.69, 9.17) is 5.41 Å². The van der Waals surface area contributed by atoms with Gasteiger partial charge in [-0.2, -0.15) is 0 Å². The molecule has 1 atom stereocenters. The second-order valence-corrected chi connectivity index (χ2v) is 6.51. The summed E-state index contributed by atoms with van der Waals surface area (Å²) in [5.41, 5.74) is 7.63. The fraction of sp³-hybridized carbons (Fsp3) is 0.350. The van der Waals surface area contributed by atoms with Gasteiger partial charge in [-0.05, 0) is 56.7 Å². The Morgan fingerprint density at radius 2 is 1.77 bits per heavy atom. The normalized spacial score (nSPS) is 11.8. The van der Waals surface area contributed by atoms with Gasteiger partial charge in [0.1, 0.15) is 7.85 Å². The smallest absolute Gasteiger partial charge is 0.139 e. The molecule has 1 aromatic rings. The Hall–Kier alpha value is -1.83. The number of nitrogens with one attached hydrogen (secondary N) is 1. The van der Waals surface area contributed by atoms with Crippen LogP contribution < -0.4 is 5.46 Å². The van der Waals surface area contributed by atoms with Gasteiger partial charge < -0.3 is 5.41 Å². The Kier molecular flexibility index (Phi) is 6.61. The van der Waals surface area contributed by atoms with Crippen molar-refractivity contribution in [3.8, 4) is 0 Å². The van der Waals surface area contributed by atoms with Crippen LogP contribution in [0.15, 0.2) is 43.5 Å². The van der Waals surface area contributed by atoms with Crippen LogP contribution in [0.4, 0.5) is 0 Å². The van der Waals surface area contributed by atoms with Gasteiger partial charge in [0.25, 0.3) is 0 Å². The molecular formula is C20H28BN. The van der Waals surface area contributed by atoms with Crippen LogP contribution in [0.25, 0.3) is 11.1 Å². The zero-order valence-corrected chi connectivity index (χ0v) is 14.6. The molecule has 0 aliphatic heterocycles. The van der Waals surface area contributed by atoms with Gasteiger partial charge in [-0.25, -0.2) is 0 Å². The lowest BCUT2D eigenvalue weighted by Gasteiger charge is -2.20. The largest absolute Gasteiger partial charge is 0.310 e. The third-order valence-electron chi connectivity index (χ3n) is 4.04. The maximum Gasteiger partial charge on any atom is 0.139 e. The van der Waals surface area contributed by atoms with Crippen LogP contribution in [-0.4, -0.2) is 13.6 Å². The second-order valence-electron chi connectivity index (χ2n) is 6.51. The summed E-state index contributed by atoms with van der Waals surface area (Å²) in [6.45, 7) is 18.3. The van der Waals surface area contributed by atoms with E-state index in [1.165, 1.54) is 22.2 Å². The van der Waals surface area contributed by atoms with E-state index in [9.17, 15) is 0 Å². The summed E-state index contributed by atoms with van der Waals surface area (Å²) < 4.78 is 0. The fourth-order valence-corrected chi connectivity index (χ4v) is 2.62. The molecule has 1 rings (SSSR count). The summed E-state index contributed by atoms with van der Waals surface area (Å²) in [5.74, 6) is 0.239. The van der Waals surface area contributed by atoms with E-state index < -0.39 is 0 Å². The zero-order chi connectivity index (χ0) is 16.9. The average Bonchev–Trinajstić information content (AvgIpc) is 2.42. The zero-order valence-electron chi connectivity index (χ0n) is 14.6. The summed E-state index contributed by atoms with van der Waals surface area (Å²) in [4.78, 5) is 0. The van der Waals surface area contributed by atoms with Gasteiger partial charge in [-0.1, -0.05) is 48.0 Å². The molecule has 22 heavy (non-hydrogen) atoms. The third-order valence-corrected chi connectivity index (χ3v) is 4.04. The van der Waals surface area contributed by atoms with Crippen molar-refractivity contribution >= 4 is 30.2 Å². The highest BCUT2D eigenvalue weighted by atomic mass is 14.4. The first-order valence-electron chi connectivity index (χ1n) is 7.86. The quantitative estimate of drug-likeness (QED) is 0.417. The minimum Gasteiger partial charge on any atom is -0.310 e. The molecule has 0 fully saturated rings. The summed E-state index contributed by atoms with van der Waals surface area (Å²) in [6, 6.07) is 6.42. The molecule has 0 amide bonds. The van der Waals surface area contributed by atoms with Gasteiger partial charge in [0.2, 0.25) is 0 Å². The van der Waals surface area contributed by atoms with Crippen molar-refractivity contribution in [2.75, 3.05) is 0 Å². The van der Waals surface area contributed by atoms with Crippen molar-refractivity contribution in [1.82, 2.24) is 0 Å². The molecule has 1 aromatic carbocycles. The van der Waals surface area contributed by atoms with E-state index in [1.807, 2.05) is 20.8 Å². The molecule has 1 unspecified atom stereocenters. The molecule has 0 aliphatic rings. The molecule has 0 saturated heterocycles. The number of hydrogen-bond acceptors (Lipinski definition) is 1. The van der Waals surface area contributed by atoms with Crippen LogP contribution in [0.2, 0.25) is 0 Å². The highest BCUT2D eigenvalue weighted by Crippen LogP contribution is 2.29. The number of rotatable bonds is 8. The molecule has 1 N–H and O–H groups in total. The van der Waals surface area contributed by atoms with Gasteiger partial charge in [0.05, 0.1) is 0 Å². The van der Waals surface area contributed by atoms with Gasteiger partial charge in [-0.15, -0.1) is 6.58 Å². The molecule has 0 radical (unpaired) electrons. The van der Waals surface area contributed by atoms with Crippen molar-refractivity contribution in [1.29, 1.82) is 5.41 Å². The van der Waals surface area contributed by atoms with Crippen LogP contribution in [0.5, 0.6) is 0 Å². The average molecular weight is 293 g/mol. The summed E-state index contributed by atoms with van der Waals surface area (Å²) in [6.07, 6.45) is 2.76. The monoisotopic (exact) mass is 293 g/mol. The molecule has 0 spiro atoms. The van der Waals surface area contributed by atoms with Gasteiger partial charge in [-0.3, -0.25) is 0 Å². The van der Waals surface area contributed by atoms with Crippen molar-refractivity contribution in [3.63, 3.8) is 0 Å². The second kappa shape index (κ2) is 7.98. The molecule has 0 aliphatic carbocycles. The number of hydrogen-bond donors (Lipinski definition) is 1. The van der Waals surface area contributed by atoms with Crippen molar-refractivity contribution in [2.45, 2.75) is 40.0 Å². The maximum atomic E-state index is 8.04. The van der Waals surface area contributed by atoms with Crippen LogP contribution in [0, 0.1) is 11.3 Å². The summed E-state index contributed by atoms with van der Waals surface area (Å²) >= 11 is 0. The number of benzene rings is 1. The molecule has 2 heteroatoms. The summed E-state index contributed by atoms with van der Waals surface area (Å²) in [7, 11) is 2.09. The third kappa shape index (κ3) is 5.18. The first-order valence-corrected chi connectivity index (χ1v) is 7.86. The molecular weight excluding hydrogens is 265 g/mol. The molecule has 1 nitrogen and oxygen atoms in total. The molecule has 0 saturated carbocycles. The van der Waals surface area contributed by atoms with Crippen LogP contribution in [-0.2, 0) is 0 Å². The van der Waals surface area contributed by atoms with E-state index in [2.05, 4.69) is 45.8 Å². The van der Waals surface area contributed by atoms with Gasteiger partial charge in [0, 0.05) is 11.6 Å². The maximum absolute atomic E-state index is 8.04. The molecule has 0 heterocycles. The Labute approximate surface area is 136 Å². The predicted molar refractivity (Wildman–Crippen MR) is 104 cm³/mol. The lowest BCUT2D eigenvalue weighted by molar-refractivity contribution is 0.633.